The zero-order chi connectivity index (χ0) is 13.8. The minimum atomic E-state index is -0.735. The molecule has 0 spiro atoms. The van der Waals surface area contributed by atoms with Gasteiger partial charge >= 0.3 is 0 Å². The van der Waals surface area contributed by atoms with Crippen molar-refractivity contribution in [1.29, 1.82) is 0 Å². The van der Waals surface area contributed by atoms with E-state index < -0.39 is 10.7 Å². The van der Waals surface area contributed by atoms with E-state index in [0.717, 1.165) is 32.0 Å². The molecule has 0 aromatic heterocycles. The second-order valence-corrected chi connectivity index (χ2v) is 4.45. The molecular formula is C12H16FN3O3. The van der Waals surface area contributed by atoms with Crippen LogP contribution in [0, 0.1) is 15.9 Å². The van der Waals surface area contributed by atoms with E-state index in [0.29, 0.717) is 0 Å². The molecule has 104 valence electrons. The largest absolute Gasteiger partial charge is 0.494 e. The van der Waals surface area contributed by atoms with E-state index in [4.69, 9.17) is 4.74 Å². The van der Waals surface area contributed by atoms with Gasteiger partial charge in [-0.3, -0.25) is 10.1 Å². The monoisotopic (exact) mass is 269 g/mol. The van der Waals surface area contributed by atoms with Crippen LogP contribution in [-0.4, -0.2) is 31.2 Å². The SMILES string of the molecule is COc1cc(NC2CCCNC2)c([N+](=O)[O-])cc1F. The first-order valence-electron chi connectivity index (χ1n) is 6.11. The van der Waals surface area contributed by atoms with Gasteiger partial charge in [-0.25, -0.2) is 4.39 Å². The van der Waals surface area contributed by atoms with E-state index in [1.807, 2.05) is 0 Å². The normalized spacial score (nSPS) is 18.9. The average Bonchev–Trinajstić information content (AvgIpc) is 2.41. The summed E-state index contributed by atoms with van der Waals surface area (Å²) in [5.74, 6) is -0.738. The van der Waals surface area contributed by atoms with Gasteiger partial charge in [0.25, 0.3) is 5.69 Å². The highest BCUT2D eigenvalue weighted by Gasteiger charge is 2.22. The van der Waals surface area contributed by atoms with Crippen LogP contribution in [0.1, 0.15) is 12.8 Å². The average molecular weight is 269 g/mol. The highest BCUT2D eigenvalue weighted by Crippen LogP contribution is 2.32. The second-order valence-electron chi connectivity index (χ2n) is 4.45. The van der Waals surface area contributed by atoms with Crippen LogP contribution in [0.3, 0.4) is 0 Å². The Kier molecular flexibility index (Phi) is 4.16. The number of piperidine rings is 1. The number of halogens is 1. The Morgan fingerprint density at radius 3 is 2.95 bits per heavy atom. The Hall–Kier alpha value is -1.89. The van der Waals surface area contributed by atoms with Crippen LogP contribution in [0.4, 0.5) is 15.8 Å². The van der Waals surface area contributed by atoms with Crippen molar-refractivity contribution in [2.24, 2.45) is 0 Å². The second kappa shape index (κ2) is 5.83. The first-order chi connectivity index (χ1) is 9.11. The molecule has 1 aliphatic rings. The molecule has 2 rings (SSSR count). The number of anilines is 1. The van der Waals surface area contributed by atoms with Gasteiger partial charge < -0.3 is 15.4 Å². The maximum absolute atomic E-state index is 13.5. The maximum atomic E-state index is 13.5. The number of rotatable bonds is 4. The first-order valence-corrected chi connectivity index (χ1v) is 6.11. The molecule has 1 fully saturated rings. The van der Waals surface area contributed by atoms with Gasteiger partial charge in [-0.2, -0.15) is 0 Å². The number of ether oxygens (including phenoxy) is 1. The first kappa shape index (κ1) is 13.5. The van der Waals surface area contributed by atoms with Gasteiger partial charge in [-0.15, -0.1) is 0 Å². The molecule has 1 heterocycles. The van der Waals surface area contributed by atoms with Crippen molar-refractivity contribution in [3.63, 3.8) is 0 Å². The van der Waals surface area contributed by atoms with Crippen LogP contribution < -0.4 is 15.4 Å². The number of benzene rings is 1. The fraction of sp³-hybridized carbons (Fsp3) is 0.500. The lowest BCUT2D eigenvalue weighted by Gasteiger charge is -2.24. The number of hydrogen-bond acceptors (Lipinski definition) is 5. The number of nitrogens with zero attached hydrogens (tertiary/aromatic N) is 1. The predicted octanol–water partition coefficient (Wildman–Crippen LogP) is 1.91. The smallest absolute Gasteiger partial charge is 0.295 e. The highest BCUT2D eigenvalue weighted by molar-refractivity contribution is 5.65. The molecular weight excluding hydrogens is 253 g/mol. The number of nitro groups is 1. The number of methoxy groups -OCH3 is 1. The topological polar surface area (TPSA) is 76.4 Å². The molecule has 1 unspecified atom stereocenters. The van der Waals surface area contributed by atoms with Crippen molar-refractivity contribution in [1.82, 2.24) is 5.32 Å². The molecule has 6 nitrogen and oxygen atoms in total. The number of nitrogens with one attached hydrogen (secondary N) is 2. The quantitative estimate of drug-likeness (QED) is 0.645. The molecule has 1 saturated heterocycles. The summed E-state index contributed by atoms with van der Waals surface area (Å²) >= 11 is 0. The zero-order valence-electron chi connectivity index (χ0n) is 10.6. The summed E-state index contributed by atoms with van der Waals surface area (Å²) in [6.07, 6.45) is 1.92. The van der Waals surface area contributed by atoms with Gasteiger partial charge in [0.2, 0.25) is 0 Å². The minimum Gasteiger partial charge on any atom is -0.494 e. The van der Waals surface area contributed by atoms with E-state index >= 15 is 0 Å². The lowest BCUT2D eigenvalue weighted by Crippen LogP contribution is -2.38. The lowest BCUT2D eigenvalue weighted by molar-refractivity contribution is -0.384. The Morgan fingerprint density at radius 1 is 1.58 bits per heavy atom. The molecule has 0 saturated carbocycles. The third-order valence-corrected chi connectivity index (χ3v) is 3.12. The molecule has 1 aromatic rings. The van der Waals surface area contributed by atoms with Crippen LogP contribution in [-0.2, 0) is 0 Å². The van der Waals surface area contributed by atoms with Gasteiger partial charge in [0.05, 0.1) is 18.1 Å². The molecule has 2 N–H and O–H groups in total. The molecule has 0 amide bonds. The molecule has 0 aliphatic carbocycles. The summed E-state index contributed by atoms with van der Waals surface area (Å²) in [5.41, 5.74) is 0.0147. The molecule has 1 atom stereocenters. The van der Waals surface area contributed by atoms with Crippen molar-refractivity contribution >= 4 is 11.4 Å². The molecule has 0 radical (unpaired) electrons. The van der Waals surface area contributed by atoms with Crippen molar-refractivity contribution < 1.29 is 14.1 Å². The van der Waals surface area contributed by atoms with Gasteiger partial charge in [0.15, 0.2) is 11.6 Å². The summed E-state index contributed by atoms with van der Waals surface area (Å²) in [6.45, 7) is 1.68. The van der Waals surface area contributed by atoms with Crippen molar-refractivity contribution in [3.8, 4) is 5.75 Å². The summed E-state index contributed by atoms with van der Waals surface area (Å²) in [5, 5.41) is 17.2. The van der Waals surface area contributed by atoms with E-state index in [1.165, 1.54) is 13.2 Å². The fourth-order valence-corrected chi connectivity index (χ4v) is 2.16. The summed E-state index contributed by atoms with van der Waals surface area (Å²) in [4.78, 5) is 10.4. The van der Waals surface area contributed by atoms with Gasteiger partial charge in [-0.1, -0.05) is 0 Å². The van der Waals surface area contributed by atoms with Crippen molar-refractivity contribution in [2.75, 3.05) is 25.5 Å². The van der Waals surface area contributed by atoms with Crippen LogP contribution in [0.15, 0.2) is 12.1 Å². The minimum absolute atomic E-state index is 0.00290. The van der Waals surface area contributed by atoms with Gasteiger partial charge in [0.1, 0.15) is 5.69 Å². The van der Waals surface area contributed by atoms with Gasteiger partial charge in [0, 0.05) is 18.7 Å². The number of hydrogen-bond donors (Lipinski definition) is 2. The third kappa shape index (κ3) is 3.11. The Bertz CT molecular complexity index is 476. The Balaban J connectivity index is 2.27. The standard InChI is InChI=1S/C12H16FN3O3/c1-19-12-6-10(11(16(17)18)5-9(12)13)15-8-3-2-4-14-7-8/h5-6,8,14-15H,2-4,7H2,1H3. The van der Waals surface area contributed by atoms with Crippen LogP contribution in [0.25, 0.3) is 0 Å². The molecule has 19 heavy (non-hydrogen) atoms. The third-order valence-electron chi connectivity index (χ3n) is 3.12. The predicted molar refractivity (Wildman–Crippen MR) is 69.1 cm³/mol. The fourth-order valence-electron chi connectivity index (χ4n) is 2.16. The maximum Gasteiger partial charge on any atom is 0.295 e. The summed E-state index contributed by atoms with van der Waals surface area (Å²) in [6, 6.07) is 2.32. The van der Waals surface area contributed by atoms with E-state index in [-0.39, 0.29) is 23.2 Å². The highest BCUT2D eigenvalue weighted by atomic mass is 19.1. The van der Waals surface area contributed by atoms with Crippen LogP contribution in [0.5, 0.6) is 5.75 Å². The van der Waals surface area contributed by atoms with E-state index in [9.17, 15) is 14.5 Å². The molecule has 0 bridgehead atoms. The van der Waals surface area contributed by atoms with Crippen LogP contribution >= 0.6 is 0 Å². The Labute approximate surface area is 110 Å². The molecule has 1 aromatic carbocycles. The summed E-state index contributed by atoms with van der Waals surface area (Å²) in [7, 11) is 1.33. The van der Waals surface area contributed by atoms with Crippen LogP contribution in [0.2, 0.25) is 0 Å². The summed E-state index contributed by atoms with van der Waals surface area (Å²) < 4.78 is 18.4. The zero-order valence-corrected chi connectivity index (χ0v) is 10.6. The Morgan fingerprint density at radius 2 is 2.37 bits per heavy atom. The van der Waals surface area contributed by atoms with Gasteiger partial charge in [-0.05, 0) is 19.4 Å². The van der Waals surface area contributed by atoms with Crippen molar-refractivity contribution in [2.45, 2.75) is 18.9 Å². The molecule has 7 heteroatoms. The van der Waals surface area contributed by atoms with E-state index in [1.54, 1.807) is 0 Å². The van der Waals surface area contributed by atoms with E-state index in [2.05, 4.69) is 10.6 Å². The lowest BCUT2D eigenvalue weighted by atomic mass is 10.1. The molecule has 1 aliphatic heterocycles. The van der Waals surface area contributed by atoms with Crippen molar-refractivity contribution in [3.05, 3.63) is 28.1 Å². The number of nitro benzene ring substituents is 1.